The van der Waals surface area contributed by atoms with Crippen molar-refractivity contribution in [3.63, 3.8) is 0 Å². The minimum Gasteiger partial charge on any atom is -0.480 e. The minimum atomic E-state index is -0.982. The predicted molar refractivity (Wildman–Crippen MR) is 38.0 cm³/mol. The van der Waals surface area contributed by atoms with Crippen LogP contribution in [0.15, 0.2) is 0 Å². The summed E-state index contributed by atoms with van der Waals surface area (Å²) < 4.78 is 0. The van der Waals surface area contributed by atoms with Crippen LogP contribution in [-0.2, 0) is 9.59 Å². The summed E-state index contributed by atoms with van der Waals surface area (Å²) in [4.78, 5) is 20.7. The van der Waals surface area contributed by atoms with Crippen molar-refractivity contribution in [2.75, 3.05) is 0 Å². The third-order valence-electron chi connectivity index (χ3n) is 1.94. The molecule has 1 aliphatic rings. The molecule has 1 fully saturated rings. The number of aliphatic carboxylic acids is 1. The van der Waals surface area contributed by atoms with Crippen LogP contribution >= 0.6 is 0 Å². The molecule has 0 aromatic heterocycles. The molecular weight excluding hydrogens is 146 g/mol. The molecule has 1 rings (SSSR count). The maximum absolute atomic E-state index is 10.5. The molecule has 11 heavy (non-hydrogen) atoms. The summed E-state index contributed by atoms with van der Waals surface area (Å²) in [7, 11) is 0. The Bertz CT molecular complexity index is 182. The number of carboxylic acid groups (broad SMARTS) is 1. The van der Waals surface area contributed by atoms with E-state index in [0.717, 1.165) is 0 Å². The number of hydrogen-bond donors (Lipinski definition) is 2. The van der Waals surface area contributed by atoms with E-state index in [4.69, 9.17) is 10.8 Å². The Balaban J connectivity index is 2.21. The summed E-state index contributed by atoms with van der Waals surface area (Å²) >= 11 is 0. The van der Waals surface area contributed by atoms with Crippen LogP contribution in [0.25, 0.3) is 0 Å². The molecule has 0 radical (unpaired) electrons. The third kappa shape index (κ3) is 2.01. The van der Waals surface area contributed by atoms with Crippen molar-refractivity contribution in [3.05, 3.63) is 0 Å². The van der Waals surface area contributed by atoms with Gasteiger partial charge in [0, 0.05) is 12.8 Å². The van der Waals surface area contributed by atoms with Crippen molar-refractivity contribution in [2.24, 2.45) is 11.7 Å². The lowest BCUT2D eigenvalue weighted by Crippen LogP contribution is -2.36. The van der Waals surface area contributed by atoms with Crippen LogP contribution in [0.5, 0.6) is 0 Å². The molecule has 0 saturated heterocycles. The number of Topliss-reactive ketones (excluding diaryl/α,β-unsaturated/α-hetero) is 1. The van der Waals surface area contributed by atoms with E-state index < -0.39 is 12.0 Å². The van der Waals surface area contributed by atoms with Gasteiger partial charge in [0.2, 0.25) is 0 Å². The van der Waals surface area contributed by atoms with Gasteiger partial charge in [0.05, 0.1) is 0 Å². The minimum absolute atomic E-state index is 0.215. The highest BCUT2D eigenvalue weighted by atomic mass is 16.4. The number of hydrogen-bond acceptors (Lipinski definition) is 3. The van der Waals surface area contributed by atoms with Crippen molar-refractivity contribution >= 4 is 11.8 Å². The maximum atomic E-state index is 10.5. The Kier molecular flexibility index (Phi) is 2.24. The molecule has 4 nitrogen and oxygen atoms in total. The van der Waals surface area contributed by atoms with E-state index in [2.05, 4.69) is 0 Å². The number of ketones is 1. The zero-order valence-electron chi connectivity index (χ0n) is 6.12. The molecule has 0 aromatic rings. The highest BCUT2D eigenvalue weighted by Crippen LogP contribution is 2.26. The van der Waals surface area contributed by atoms with Gasteiger partial charge in [0.15, 0.2) is 0 Å². The van der Waals surface area contributed by atoms with Crippen molar-refractivity contribution in [3.8, 4) is 0 Å². The van der Waals surface area contributed by atoms with Gasteiger partial charge in [-0.2, -0.15) is 0 Å². The van der Waals surface area contributed by atoms with Crippen molar-refractivity contribution < 1.29 is 14.7 Å². The summed E-state index contributed by atoms with van der Waals surface area (Å²) in [5.41, 5.74) is 5.26. The van der Waals surface area contributed by atoms with Gasteiger partial charge in [0.25, 0.3) is 0 Å². The Hall–Kier alpha value is -0.900. The van der Waals surface area contributed by atoms with E-state index in [-0.39, 0.29) is 11.7 Å². The fraction of sp³-hybridized carbons (Fsp3) is 0.714. The first kappa shape index (κ1) is 8.20. The fourth-order valence-corrected chi connectivity index (χ4v) is 1.21. The molecule has 4 heteroatoms. The first-order valence-electron chi connectivity index (χ1n) is 3.59. The van der Waals surface area contributed by atoms with E-state index >= 15 is 0 Å². The lowest BCUT2D eigenvalue weighted by molar-refractivity contribution is -0.140. The van der Waals surface area contributed by atoms with Crippen molar-refractivity contribution in [1.82, 2.24) is 0 Å². The van der Waals surface area contributed by atoms with Crippen LogP contribution in [0, 0.1) is 5.92 Å². The summed E-state index contributed by atoms with van der Waals surface area (Å²) in [6.07, 6.45) is 1.46. The molecule has 1 saturated carbocycles. The van der Waals surface area contributed by atoms with Gasteiger partial charge in [-0.15, -0.1) is 0 Å². The van der Waals surface area contributed by atoms with E-state index in [1.54, 1.807) is 0 Å². The molecule has 0 bridgehead atoms. The van der Waals surface area contributed by atoms with Gasteiger partial charge >= 0.3 is 5.97 Å². The second-order valence-electron chi connectivity index (χ2n) is 2.99. The van der Waals surface area contributed by atoms with Crippen LogP contribution in [0.4, 0.5) is 0 Å². The zero-order valence-corrected chi connectivity index (χ0v) is 6.12. The smallest absolute Gasteiger partial charge is 0.320 e. The maximum Gasteiger partial charge on any atom is 0.320 e. The summed E-state index contributed by atoms with van der Waals surface area (Å²) in [5.74, 6) is -0.550. The van der Waals surface area contributed by atoms with Crippen LogP contribution in [0.2, 0.25) is 0 Å². The molecule has 0 heterocycles. The molecule has 1 unspecified atom stereocenters. The van der Waals surface area contributed by atoms with Crippen molar-refractivity contribution in [2.45, 2.75) is 25.3 Å². The van der Waals surface area contributed by atoms with Gasteiger partial charge in [-0.1, -0.05) is 0 Å². The average molecular weight is 157 g/mol. The van der Waals surface area contributed by atoms with E-state index in [1.807, 2.05) is 0 Å². The Morgan fingerprint density at radius 3 is 2.64 bits per heavy atom. The normalized spacial score (nSPS) is 21.0. The Morgan fingerprint density at radius 1 is 1.73 bits per heavy atom. The fourth-order valence-electron chi connectivity index (χ4n) is 1.21. The van der Waals surface area contributed by atoms with Crippen LogP contribution in [-0.4, -0.2) is 22.9 Å². The van der Waals surface area contributed by atoms with E-state index in [9.17, 15) is 9.59 Å². The van der Waals surface area contributed by atoms with Gasteiger partial charge in [-0.05, 0) is 12.3 Å². The molecule has 1 aliphatic carbocycles. The summed E-state index contributed by atoms with van der Waals surface area (Å²) in [6.45, 7) is 0. The largest absolute Gasteiger partial charge is 0.480 e. The van der Waals surface area contributed by atoms with Gasteiger partial charge in [-0.25, -0.2) is 0 Å². The van der Waals surface area contributed by atoms with E-state index in [0.29, 0.717) is 19.3 Å². The Labute approximate surface area is 64.4 Å². The molecule has 0 aromatic carbocycles. The van der Waals surface area contributed by atoms with Gasteiger partial charge < -0.3 is 10.8 Å². The van der Waals surface area contributed by atoms with Gasteiger partial charge in [0.1, 0.15) is 11.8 Å². The molecular formula is C7H11NO3. The lowest BCUT2D eigenvalue weighted by Gasteiger charge is -2.25. The standard InChI is InChI=1S/C7H11NO3/c8-6(7(10)11)3-4-1-5(9)2-4/h4,6H,1-3,8H2,(H,10,11). The quantitative estimate of drug-likeness (QED) is 0.592. The molecule has 62 valence electrons. The summed E-state index contributed by atoms with van der Waals surface area (Å²) in [5, 5.41) is 8.41. The lowest BCUT2D eigenvalue weighted by atomic mass is 9.80. The van der Waals surface area contributed by atoms with Crippen LogP contribution in [0.1, 0.15) is 19.3 Å². The molecule has 0 amide bonds. The van der Waals surface area contributed by atoms with Crippen LogP contribution in [0.3, 0.4) is 0 Å². The first-order valence-corrected chi connectivity index (χ1v) is 3.59. The Morgan fingerprint density at radius 2 is 2.27 bits per heavy atom. The second-order valence-corrected chi connectivity index (χ2v) is 2.99. The monoisotopic (exact) mass is 157 g/mol. The van der Waals surface area contributed by atoms with Crippen molar-refractivity contribution in [1.29, 1.82) is 0 Å². The number of rotatable bonds is 3. The average Bonchev–Trinajstić information content (AvgIpc) is 1.84. The highest BCUT2D eigenvalue weighted by molar-refractivity contribution is 5.84. The zero-order chi connectivity index (χ0) is 8.43. The topological polar surface area (TPSA) is 80.4 Å². The van der Waals surface area contributed by atoms with Crippen LogP contribution < -0.4 is 5.73 Å². The number of carbonyl (C=O) groups is 2. The van der Waals surface area contributed by atoms with E-state index in [1.165, 1.54) is 0 Å². The molecule has 0 spiro atoms. The molecule has 1 atom stereocenters. The third-order valence-corrected chi connectivity index (χ3v) is 1.94. The molecule has 3 N–H and O–H groups in total. The second kappa shape index (κ2) is 3.00. The number of nitrogens with two attached hydrogens (primary N) is 1. The molecule has 0 aliphatic heterocycles. The number of carbonyl (C=O) groups excluding carboxylic acids is 1. The van der Waals surface area contributed by atoms with Gasteiger partial charge in [-0.3, -0.25) is 9.59 Å². The summed E-state index contributed by atoms with van der Waals surface area (Å²) in [6, 6.07) is -0.798. The number of carboxylic acids is 1. The highest BCUT2D eigenvalue weighted by Gasteiger charge is 2.29. The first-order chi connectivity index (χ1) is 5.09. The SMILES string of the molecule is NC(CC1CC(=O)C1)C(=O)O. The predicted octanol–water partition coefficient (Wildman–Crippen LogP) is -0.233.